The number of hydrogen-bond acceptors (Lipinski definition) is 3. The molecule has 6 heteroatoms. The van der Waals surface area contributed by atoms with Gasteiger partial charge in [0.15, 0.2) is 6.61 Å². The lowest BCUT2D eigenvalue weighted by Crippen LogP contribution is -2.18. The first-order valence-corrected chi connectivity index (χ1v) is 10.5. The zero-order chi connectivity index (χ0) is 19.4. The van der Waals surface area contributed by atoms with Crippen molar-refractivity contribution in [2.24, 2.45) is 0 Å². The van der Waals surface area contributed by atoms with Gasteiger partial charge in [-0.2, -0.15) is 0 Å². The summed E-state index contributed by atoms with van der Waals surface area (Å²) >= 11 is 10.3. The van der Waals surface area contributed by atoms with Gasteiger partial charge in [0, 0.05) is 4.47 Å². The fourth-order valence-corrected chi connectivity index (χ4v) is 4.56. The number of carbonyl (C=O) groups is 1. The van der Waals surface area contributed by atoms with E-state index < -0.39 is 5.97 Å². The number of esters is 1. The maximum Gasteiger partial charge on any atom is 0.349 e. The third kappa shape index (κ3) is 5.21. The Morgan fingerprint density at radius 1 is 0.889 bits per heavy atom. The SMILES string of the molecule is Cc1cc(Br)cc(Br)c1OCC(=O)Oc1ccc(-c2ccccc2)cc1Br. The maximum absolute atomic E-state index is 12.2. The van der Waals surface area contributed by atoms with Crippen molar-refractivity contribution in [3.05, 3.63) is 79.6 Å². The highest BCUT2D eigenvalue weighted by Gasteiger charge is 2.13. The second-order valence-electron chi connectivity index (χ2n) is 5.81. The topological polar surface area (TPSA) is 35.5 Å². The molecule has 0 N–H and O–H groups in total. The second-order valence-corrected chi connectivity index (χ2v) is 8.43. The van der Waals surface area contributed by atoms with Crippen LogP contribution in [0.15, 0.2) is 74.1 Å². The van der Waals surface area contributed by atoms with Crippen molar-refractivity contribution >= 4 is 53.8 Å². The van der Waals surface area contributed by atoms with E-state index in [0.29, 0.717) is 16.0 Å². The van der Waals surface area contributed by atoms with Gasteiger partial charge in [0.2, 0.25) is 0 Å². The second kappa shape index (κ2) is 9.04. The van der Waals surface area contributed by atoms with Gasteiger partial charge in [-0.25, -0.2) is 4.79 Å². The summed E-state index contributed by atoms with van der Waals surface area (Å²) < 4.78 is 13.5. The van der Waals surface area contributed by atoms with E-state index in [2.05, 4.69) is 47.8 Å². The van der Waals surface area contributed by atoms with Crippen LogP contribution in [0.4, 0.5) is 0 Å². The molecule has 0 aliphatic carbocycles. The normalized spacial score (nSPS) is 10.5. The fourth-order valence-electron chi connectivity index (χ4n) is 2.55. The zero-order valence-electron chi connectivity index (χ0n) is 14.3. The van der Waals surface area contributed by atoms with Gasteiger partial charge in [0.05, 0.1) is 8.95 Å². The number of aryl methyl sites for hydroxylation is 1. The van der Waals surface area contributed by atoms with Gasteiger partial charge in [0.25, 0.3) is 0 Å². The molecule has 3 aromatic carbocycles. The molecule has 27 heavy (non-hydrogen) atoms. The number of benzene rings is 3. The van der Waals surface area contributed by atoms with E-state index in [1.807, 2.05) is 61.5 Å². The van der Waals surface area contributed by atoms with Crippen LogP contribution in [0, 0.1) is 6.92 Å². The minimum absolute atomic E-state index is 0.187. The fraction of sp³-hybridized carbons (Fsp3) is 0.0952. The van der Waals surface area contributed by atoms with E-state index in [9.17, 15) is 4.79 Å². The van der Waals surface area contributed by atoms with Crippen LogP contribution in [0.2, 0.25) is 0 Å². The molecule has 0 aliphatic rings. The highest BCUT2D eigenvalue weighted by Crippen LogP contribution is 2.33. The first-order valence-electron chi connectivity index (χ1n) is 8.08. The van der Waals surface area contributed by atoms with E-state index in [-0.39, 0.29) is 6.61 Å². The lowest BCUT2D eigenvalue weighted by Gasteiger charge is -2.12. The van der Waals surface area contributed by atoms with Gasteiger partial charge in [-0.3, -0.25) is 0 Å². The predicted octanol–water partition coefficient (Wildman–Crippen LogP) is 6.93. The Morgan fingerprint density at radius 2 is 1.63 bits per heavy atom. The Kier molecular flexibility index (Phi) is 6.73. The molecule has 0 amide bonds. The van der Waals surface area contributed by atoms with Gasteiger partial charge in [-0.15, -0.1) is 0 Å². The Balaban J connectivity index is 1.66. The first kappa shape index (κ1) is 20.1. The van der Waals surface area contributed by atoms with Crippen molar-refractivity contribution in [3.63, 3.8) is 0 Å². The quantitative estimate of drug-likeness (QED) is 0.253. The molecule has 0 radical (unpaired) electrons. The molecule has 0 bridgehead atoms. The molecule has 0 aromatic heterocycles. The summed E-state index contributed by atoms with van der Waals surface area (Å²) in [6.45, 7) is 1.73. The molecule has 3 rings (SSSR count). The van der Waals surface area contributed by atoms with Crippen LogP contribution in [-0.2, 0) is 4.79 Å². The minimum Gasteiger partial charge on any atom is -0.480 e. The van der Waals surface area contributed by atoms with E-state index in [1.54, 1.807) is 6.07 Å². The highest BCUT2D eigenvalue weighted by atomic mass is 79.9. The van der Waals surface area contributed by atoms with E-state index in [0.717, 1.165) is 25.6 Å². The van der Waals surface area contributed by atoms with Gasteiger partial charge < -0.3 is 9.47 Å². The van der Waals surface area contributed by atoms with Gasteiger partial charge in [-0.1, -0.05) is 52.3 Å². The van der Waals surface area contributed by atoms with Gasteiger partial charge in [-0.05, 0) is 79.7 Å². The summed E-state index contributed by atoms with van der Waals surface area (Å²) in [6.07, 6.45) is 0. The molecule has 0 atom stereocenters. The Bertz CT molecular complexity index is 949. The number of hydrogen-bond donors (Lipinski definition) is 0. The molecule has 3 nitrogen and oxygen atoms in total. The summed E-state index contributed by atoms with van der Waals surface area (Å²) in [4.78, 5) is 12.2. The third-order valence-electron chi connectivity index (χ3n) is 3.79. The first-order chi connectivity index (χ1) is 12.9. The van der Waals surface area contributed by atoms with Crippen LogP contribution < -0.4 is 9.47 Å². The molecule has 3 aromatic rings. The maximum atomic E-state index is 12.2. The van der Waals surface area contributed by atoms with Crippen molar-refractivity contribution < 1.29 is 14.3 Å². The molecule has 0 fully saturated rings. The number of halogens is 3. The van der Waals surface area contributed by atoms with Crippen LogP contribution in [0.25, 0.3) is 11.1 Å². The average Bonchev–Trinajstić information content (AvgIpc) is 2.63. The average molecular weight is 555 g/mol. The van der Waals surface area contributed by atoms with Crippen LogP contribution in [0.3, 0.4) is 0 Å². The molecular formula is C21H15Br3O3. The van der Waals surface area contributed by atoms with Crippen LogP contribution in [0.5, 0.6) is 11.5 Å². The molecule has 0 heterocycles. The predicted molar refractivity (Wildman–Crippen MR) is 117 cm³/mol. The lowest BCUT2D eigenvalue weighted by atomic mass is 10.1. The largest absolute Gasteiger partial charge is 0.480 e. The molecular weight excluding hydrogens is 540 g/mol. The highest BCUT2D eigenvalue weighted by molar-refractivity contribution is 9.11. The third-order valence-corrected chi connectivity index (χ3v) is 5.46. The minimum atomic E-state index is -0.475. The Morgan fingerprint density at radius 3 is 2.30 bits per heavy atom. The molecule has 138 valence electrons. The van der Waals surface area contributed by atoms with E-state index in [1.165, 1.54) is 0 Å². The summed E-state index contributed by atoms with van der Waals surface area (Å²) in [5.41, 5.74) is 3.04. The summed E-state index contributed by atoms with van der Waals surface area (Å²) in [7, 11) is 0. The summed E-state index contributed by atoms with van der Waals surface area (Å²) in [5, 5.41) is 0. The molecule has 0 saturated heterocycles. The van der Waals surface area contributed by atoms with Crippen molar-refractivity contribution in [1.29, 1.82) is 0 Å². The van der Waals surface area contributed by atoms with Crippen molar-refractivity contribution in [3.8, 4) is 22.6 Å². The number of rotatable bonds is 5. The van der Waals surface area contributed by atoms with E-state index >= 15 is 0 Å². The smallest absolute Gasteiger partial charge is 0.349 e. The molecule has 0 unspecified atom stereocenters. The zero-order valence-corrected chi connectivity index (χ0v) is 19.1. The standard InChI is InChI=1S/C21H15Br3O3/c1-13-9-16(22)11-18(24)21(13)26-12-20(25)27-19-8-7-15(10-17(19)23)14-5-3-2-4-6-14/h2-11H,12H2,1H3. The molecule has 0 saturated carbocycles. The van der Waals surface area contributed by atoms with Gasteiger partial charge in [0.1, 0.15) is 11.5 Å². The number of carbonyl (C=O) groups excluding carboxylic acids is 1. The lowest BCUT2D eigenvalue weighted by molar-refractivity contribution is -0.136. The Hall–Kier alpha value is -1.63. The number of ether oxygens (including phenoxy) is 2. The van der Waals surface area contributed by atoms with Crippen molar-refractivity contribution in [1.82, 2.24) is 0 Å². The Labute approximate surface area is 183 Å². The summed E-state index contributed by atoms with van der Waals surface area (Å²) in [5.74, 6) is 0.598. The van der Waals surface area contributed by atoms with Crippen molar-refractivity contribution in [2.45, 2.75) is 6.92 Å². The van der Waals surface area contributed by atoms with Crippen LogP contribution >= 0.6 is 47.8 Å². The van der Waals surface area contributed by atoms with E-state index in [4.69, 9.17) is 9.47 Å². The van der Waals surface area contributed by atoms with Crippen LogP contribution in [0.1, 0.15) is 5.56 Å². The molecule has 0 spiro atoms. The van der Waals surface area contributed by atoms with Crippen LogP contribution in [-0.4, -0.2) is 12.6 Å². The monoisotopic (exact) mass is 552 g/mol. The molecule has 0 aliphatic heterocycles. The van der Waals surface area contributed by atoms with Crippen molar-refractivity contribution in [2.75, 3.05) is 6.61 Å². The summed E-state index contributed by atoms with van der Waals surface area (Å²) in [6, 6.07) is 19.4. The van der Waals surface area contributed by atoms with Gasteiger partial charge >= 0.3 is 5.97 Å².